The standard InChI is InChI=1S/C25H29N3O5/c1-2-22-20(15-24(29)30)14-19-13-18(5-8-23(19)33-22)25(31)27-21-6-3-17(4-7-21)16-26-28-9-11-32-12-10-28/h3-8,13,16,20,22H,2,9-12,14-15H2,1H3,(H,27,31)(H,29,30). The third-order valence-electron chi connectivity index (χ3n) is 5.97. The summed E-state index contributed by atoms with van der Waals surface area (Å²) in [5, 5.41) is 18.6. The Balaban J connectivity index is 1.39. The van der Waals surface area contributed by atoms with Crippen molar-refractivity contribution in [1.29, 1.82) is 0 Å². The van der Waals surface area contributed by atoms with Crippen LogP contribution in [-0.4, -0.2) is 60.6 Å². The summed E-state index contributed by atoms with van der Waals surface area (Å²) in [5.41, 5.74) is 3.01. The van der Waals surface area contributed by atoms with Crippen molar-refractivity contribution in [2.24, 2.45) is 11.0 Å². The minimum atomic E-state index is -0.835. The lowest BCUT2D eigenvalue weighted by atomic mass is 9.86. The largest absolute Gasteiger partial charge is 0.490 e. The molecule has 2 unspecified atom stereocenters. The Morgan fingerprint density at radius 3 is 2.64 bits per heavy atom. The van der Waals surface area contributed by atoms with Crippen LogP contribution in [0.15, 0.2) is 47.6 Å². The van der Waals surface area contributed by atoms with Crippen LogP contribution in [0.25, 0.3) is 0 Å². The molecule has 1 saturated heterocycles. The number of aliphatic carboxylic acids is 1. The number of carboxylic acids is 1. The topological polar surface area (TPSA) is 100 Å². The molecule has 0 bridgehead atoms. The SMILES string of the molecule is CCC1Oc2ccc(C(=O)Nc3ccc(C=NN4CCOCC4)cc3)cc2CC1CC(=O)O. The predicted molar refractivity (Wildman–Crippen MR) is 125 cm³/mol. The lowest BCUT2D eigenvalue weighted by molar-refractivity contribution is -0.139. The first kappa shape index (κ1) is 22.8. The van der Waals surface area contributed by atoms with Gasteiger partial charge in [0.05, 0.1) is 38.9 Å². The quantitative estimate of drug-likeness (QED) is 0.626. The Morgan fingerprint density at radius 2 is 1.94 bits per heavy atom. The van der Waals surface area contributed by atoms with Gasteiger partial charge in [0.2, 0.25) is 0 Å². The number of hydrazone groups is 1. The Morgan fingerprint density at radius 1 is 1.18 bits per heavy atom. The predicted octanol–water partition coefficient (Wildman–Crippen LogP) is 3.41. The normalized spacial score (nSPS) is 20.2. The molecule has 0 aliphatic carbocycles. The molecule has 174 valence electrons. The van der Waals surface area contributed by atoms with Crippen molar-refractivity contribution in [3.8, 4) is 5.75 Å². The number of nitrogens with zero attached hydrogens (tertiary/aromatic N) is 2. The van der Waals surface area contributed by atoms with Crippen molar-refractivity contribution in [1.82, 2.24) is 5.01 Å². The second-order valence-corrected chi connectivity index (χ2v) is 8.34. The molecule has 0 aromatic heterocycles. The van der Waals surface area contributed by atoms with Gasteiger partial charge < -0.3 is 19.9 Å². The molecule has 1 amide bonds. The summed E-state index contributed by atoms with van der Waals surface area (Å²) in [4.78, 5) is 24.0. The molecule has 2 heterocycles. The second kappa shape index (κ2) is 10.5. The van der Waals surface area contributed by atoms with Gasteiger partial charge in [-0.15, -0.1) is 0 Å². The van der Waals surface area contributed by atoms with E-state index in [2.05, 4.69) is 10.4 Å². The molecule has 2 aliphatic rings. The number of morpholine rings is 1. The van der Waals surface area contributed by atoms with Crippen LogP contribution in [0.2, 0.25) is 0 Å². The lowest BCUT2D eigenvalue weighted by Gasteiger charge is -2.32. The van der Waals surface area contributed by atoms with Gasteiger partial charge in [-0.1, -0.05) is 19.1 Å². The van der Waals surface area contributed by atoms with Crippen LogP contribution in [0, 0.1) is 5.92 Å². The Hall–Kier alpha value is -3.39. The molecule has 0 saturated carbocycles. The third kappa shape index (κ3) is 5.90. The van der Waals surface area contributed by atoms with E-state index in [0.717, 1.165) is 36.4 Å². The Kier molecular flexibility index (Phi) is 7.24. The molecule has 4 rings (SSSR count). The number of rotatable bonds is 7. The average Bonchev–Trinajstić information content (AvgIpc) is 2.83. The van der Waals surface area contributed by atoms with Crippen molar-refractivity contribution in [2.75, 3.05) is 31.6 Å². The van der Waals surface area contributed by atoms with Crippen molar-refractivity contribution in [3.63, 3.8) is 0 Å². The van der Waals surface area contributed by atoms with Crippen LogP contribution in [-0.2, 0) is 16.0 Å². The monoisotopic (exact) mass is 451 g/mol. The maximum absolute atomic E-state index is 12.8. The second-order valence-electron chi connectivity index (χ2n) is 8.34. The smallest absolute Gasteiger partial charge is 0.303 e. The summed E-state index contributed by atoms with van der Waals surface area (Å²) < 4.78 is 11.3. The average molecular weight is 452 g/mol. The van der Waals surface area contributed by atoms with Crippen molar-refractivity contribution in [2.45, 2.75) is 32.3 Å². The van der Waals surface area contributed by atoms with Gasteiger partial charge in [-0.3, -0.25) is 14.6 Å². The fourth-order valence-electron chi connectivity index (χ4n) is 4.19. The van der Waals surface area contributed by atoms with Crippen LogP contribution in [0.5, 0.6) is 5.75 Å². The zero-order chi connectivity index (χ0) is 23.2. The molecule has 8 heteroatoms. The highest BCUT2D eigenvalue weighted by Gasteiger charge is 2.31. The molecule has 2 atom stereocenters. The molecule has 8 nitrogen and oxygen atoms in total. The summed E-state index contributed by atoms with van der Waals surface area (Å²) >= 11 is 0. The highest BCUT2D eigenvalue weighted by molar-refractivity contribution is 6.04. The minimum absolute atomic E-state index is 0.0512. The van der Waals surface area contributed by atoms with E-state index < -0.39 is 5.97 Å². The van der Waals surface area contributed by atoms with E-state index in [1.807, 2.05) is 36.2 Å². The molecule has 2 aromatic carbocycles. The summed E-state index contributed by atoms with van der Waals surface area (Å²) in [5.74, 6) is -0.438. The van der Waals surface area contributed by atoms with E-state index in [9.17, 15) is 14.7 Å². The van der Waals surface area contributed by atoms with Gasteiger partial charge in [0.15, 0.2) is 0 Å². The molecule has 1 fully saturated rings. The summed E-state index contributed by atoms with van der Waals surface area (Å²) in [6.07, 6.45) is 3.05. The fraction of sp³-hybridized carbons (Fsp3) is 0.400. The van der Waals surface area contributed by atoms with E-state index in [4.69, 9.17) is 9.47 Å². The van der Waals surface area contributed by atoms with Gasteiger partial charge in [-0.05, 0) is 54.3 Å². The first-order chi connectivity index (χ1) is 16.0. The maximum atomic E-state index is 12.8. The summed E-state index contributed by atoms with van der Waals surface area (Å²) in [6, 6.07) is 12.8. The summed E-state index contributed by atoms with van der Waals surface area (Å²) in [6.45, 7) is 4.94. The number of ether oxygens (including phenoxy) is 2. The number of carbonyl (C=O) groups is 2. The van der Waals surface area contributed by atoms with Gasteiger partial charge in [0, 0.05) is 17.2 Å². The number of carboxylic acid groups (broad SMARTS) is 1. The number of hydrogen-bond acceptors (Lipinski definition) is 6. The Labute approximate surface area is 193 Å². The zero-order valence-electron chi connectivity index (χ0n) is 18.7. The van der Waals surface area contributed by atoms with E-state index in [-0.39, 0.29) is 24.3 Å². The van der Waals surface area contributed by atoms with E-state index in [0.29, 0.717) is 30.9 Å². The van der Waals surface area contributed by atoms with Crippen LogP contribution < -0.4 is 10.1 Å². The van der Waals surface area contributed by atoms with Gasteiger partial charge in [0.25, 0.3) is 5.91 Å². The number of benzene rings is 2. The number of amides is 1. The highest BCUT2D eigenvalue weighted by atomic mass is 16.5. The van der Waals surface area contributed by atoms with Crippen LogP contribution >= 0.6 is 0 Å². The minimum Gasteiger partial charge on any atom is -0.490 e. The molecule has 2 aromatic rings. The summed E-state index contributed by atoms with van der Waals surface area (Å²) in [7, 11) is 0. The molecule has 2 aliphatic heterocycles. The van der Waals surface area contributed by atoms with Gasteiger partial charge in [0.1, 0.15) is 11.9 Å². The number of carbonyl (C=O) groups excluding carboxylic acids is 1. The molecule has 0 spiro atoms. The molecular weight excluding hydrogens is 422 g/mol. The van der Waals surface area contributed by atoms with Gasteiger partial charge in [-0.2, -0.15) is 5.10 Å². The van der Waals surface area contributed by atoms with Crippen LogP contribution in [0.3, 0.4) is 0 Å². The van der Waals surface area contributed by atoms with Crippen LogP contribution in [0.4, 0.5) is 5.69 Å². The van der Waals surface area contributed by atoms with E-state index >= 15 is 0 Å². The zero-order valence-corrected chi connectivity index (χ0v) is 18.7. The van der Waals surface area contributed by atoms with Crippen molar-refractivity contribution < 1.29 is 24.2 Å². The van der Waals surface area contributed by atoms with Crippen molar-refractivity contribution in [3.05, 3.63) is 59.2 Å². The lowest BCUT2D eigenvalue weighted by Crippen LogP contribution is -2.34. The molecular formula is C25H29N3O5. The fourth-order valence-corrected chi connectivity index (χ4v) is 4.19. The first-order valence-corrected chi connectivity index (χ1v) is 11.3. The number of fused-ring (bicyclic) bond motifs is 1. The van der Waals surface area contributed by atoms with E-state index in [1.165, 1.54) is 0 Å². The molecule has 2 N–H and O–H groups in total. The first-order valence-electron chi connectivity index (χ1n) is 11.3. The van der Waals surface area contributed by atoms with Gasteiger partial charge >= 0.3 is 5.97 Å². The molecule has 0 radical (unpaired) electrons. The third-order valence-corrected chi connectivity index (χ3v) is 5.97. The maximum Gasteiger partial charge on any atom is 0.303 e. The van der Waals surface area contributed by atoms with E-state index in [1.54, 1.807) is 24.4 Å². The Bertz CT molecular complexity index is 1020. The molecule has 33 heavy (non-hydrogen) atoms. The van der Waals surface area contributed by atoms with Gasteiger partial charge in [-0.25, -0.2) is 0 Å². The van der Waals surface area contributed by atoms with Crippen LogP contribution in [0.1, 0.15) is 41.3 Å². The van der Waals surface area contributed by atoms with Crippen molar-refractivity contribution >= 4 is 23.8 Å². The number of hydrogen-bond donors (Lipinski definition) is 2. The number of anilines is 1. The number of nitrogens with one attached hydrogen (secondary N) is 1. The highest BCUT2D eigenvalue weighted by Crippen LogP contribution is 2.34.